The van der Waals surface area contributed by atoms with Gasteiger partial charge >= 0.3 is 0 Å². The summed E-state index contributed by atoms with van der Waals surface area (Å²) >= 11 is 0. The number of amides is 1. The molecule has 1 amide bonds. The number of nitrogens with one attached hydrogen (secondary N) is 2. The van der Waals surface area contributed by atoms with E-state index in [1.54, 1.807) is 30.6 Å². The number of anilines is 2. The van der Waals surface area contributed by atoms with E-state index < -0.39 is 0 Å². The van der Waals surface area contributed by atoms with Gasteiger partial charge in [-0.2, -0.15) is 0 Å². The standard InChI is InChI=1S/C16H15N5O2/c1-11-8-15(21-23-11)20-13-5-6-14(18-10-13)16(22)19-9-12-4-2-3-7-17-12/h2-8,10H,9H2,1H3,(H,19,22)(H,20,21). The summed E-state index contributed by atoms with van der Waals surface area (Å²) in [5, 5.41) is 9.65. The van der Waals surface area contributed by atoms with Crippen molar-refractivity contribution in [1.29, 1.82) is 0 Å². The summed E-state index contributed by atoms with van der Waals surface area (Å²) in [5.74, 6) is 1.06. The number of carbonyl (C=O) groups is 1. The van der Waals surface area contributed by atoms with Crippen LogP contribution in [0.15, 0.2) is 53.3 Å². The molecule has 0 radical (unpaired) electrons. The van der Waals surface area contributed by atoms with Crippen LogP contribution in [0, 0.1) is 6.92 Å². The maximum atomic E-state index is 12.0. The van der Waals surface area contributed by atoms with Crippen molar-refractivity contribution in [2.75, 3.05) is 5.32 Å². The van der Waals surface area contributed by atoms with Gasteiger partial charge in [-0.3, -0.25) is 9.78 Å². The smallest absolute Gasteiger partial charge is 0.270 e. The largest absolute Gasteiger partial charge is 0.360 e. The predicted octanol–water partition coefficient (Wildman–Crippen LogP) is 2.45. The first kappa shape index (κ1) is 14.7. The van der Waals surface area contributed by atoms with E-state index in [2.05, 4.69) is 25.8 Å². The minimum Gasteiger partial charge on any atom is -0.360 e. The van der Waals surface area contributed by atoms with Crippen LogP contribution in [-0.2, 0) is 6.54 Å². The number of hydrogen-bond acceptors (Lipinski definition) is 6. The van der Waals surface area contributed by atoms with Gasteiger partial charge < -0.3 is 15.2 Å². The lowest BCUT2D eigenvalue weighted by Crippen LogP contribution is -2.24. The van der Waals surface area contributed by atoms with E-state index in [0.717, 1.165) is 11.4 Å². The molecule has 0 unspecified atom stereocenters. The van der Waals surface area contributed by atoms with Gasteiger partial charge in [0.2, 0.25) is 0 Å². The Morgan fingerprint density at radius 3 is 2.78 bits per heavy atom. The molecule has 7 heteroatoms. The topological polar surface area (TPSA) is 92.9 Å². The van der Waals surface area contributed by atoms with Crippen LogP contribution in [0.3, 0.4) is 0 Å². The minimum absolute atomic E-state index is 0.250. The van der Waals surface area contributed by atoms with E-state index >= 15 is 0 Å². The average molecular weight is 309 g/mol. The molecule has 0 spiro atoms. The Bertz CT molecular complexity index is 784. The lowest BCUT2D eigenvalue weighted by molar-refractivity contribution is 0.0945. The molecule has 3 rings (SSSR count). The van der Waals surface area contributed by atoms with Crippen LogP contribution in [0.1, 0.15) is 21.9 Å². The second kappa shape index (κ2) is 6.69. The lowest BCUT2D eigenvalue weighted by Gasteiger charge is -2.05. The Hall–Kier alpha value is -3.22. The molecule has 0 atom stereocenters. The SMILES string of the molecule is Cc1cc(Nc2ccc(C(=O)NCc3ccccn3)nc2)no1. The molecule has 2 N–H and O–H groups in total. The van der Waals surface area contributed by atoms with Crippen LogP contribution in [0.25, 0.3) is 0 Å². The molecule has 3 aromatic heterocycles. The molecule has 0 aliphatic heterocycles. The van der Waals surface area contributed by atoms with Crippen molar-refractivity contribution in [3.63, 3.8) is 0 Å². The normalized spacial score (nSPS) is 10.3. The first-order chi connectivity index (χ1) is 11.2. The minimum atomic E-state index is -0.250. The number of carbonyl (C=O) groups excluding carboxylic acids is 1. The third-order valence-electron chi connectivity index (χ3n) is 3.05. The molecular weight excluding hydrogens is 294 g/mol. The summed E-state index contributed by atoms with van der Waals surface area (Å²) < 4.78 is 4.97. The third kappa shape index (κ3) is 3.91. The maximum Gasteiger partial charge on any atom is 0.270 e. The quantitative estimate of drug-likeness (QED) is 0.752. The molecule has 23 heavy (non-hydrogen) atoms. The highest BCUT2D eigenvalue weighted by atomic mass is 16.5. The van der Waals surface area contributed by atoms with Crippen LogP contribution >= 0.6 is 0 Å². The molecule has 7 nitrogen and oxygen atoms in total. The number of rotatable bonds is 5. The Labute approximate surface area is 132 Å². The van der Waals surface area contributed by atoms with Gasteiger partial charge in [-0.25, -0.2) is 4.98 Å². The van der Waals surface area contributed by atoms with Crippen LogP contribution in [0.5, 0.6) is 0 Å². The van der Waals surface area contributed by atoms with Gasteiger partial charge in [-0.15, -0.1) is 0 Å². The molecule has 0 aliphatic rings. The Morgan fingerprint density at radius 2 is 2.13 bits per heavy atom. The number of hydrogen-bond donors (Lipinski definition) is 2. The van der Waals surface area contributed by atoms with E-state index in [1.807, 2.05) is 25.1 Å². The molecule has 0 fully saturated rings. The monoisotopic (exact) mass is 309 g/mol. The second-order valence-electron chi connectivity index (χ2n) is 4.88. The van der Waals surface area contributed by atoms with Crippen molar-refractivity contribution in [3.05, 3.63) is 65.9 Å². The van der Waals surface area contributed by atoms with E-state index in [0.29, 0.717) is 23.8 Å². The first-order valence-electron chi connectivity index (χ1n) is 7.05. The Morgan fingerprint density at radius 1 is 1.22 bits per heavy atom. The molecule has 0 bridgehead atoms. The fourth-order valence-corrected chi connectivity index (χ4v) is 1.94. The number of aromatic nitrogens is 3. The molecule has 0 saturated carbocycles. The van der Waals surface area contributed by atoms with Gasteiger partial charge in [0.15, 0.2) is 5.82 Å². The highest BCUT2D eigenvalue weighted by molar-refractivity contribution is 5.92. The number of pyridine rings is 2. The second-order valence-corrected chi connectivity index (χ2v) is 4.88. The molecule has 3 aromatic rings. The van der Waals surface area contributed by atoms with Crippen LogP contribution in [0.4, 0.5) is 11.5 Å². The van der Waals surface area contributed by atoms with Crippen molar-refractivity contribution >= 4 is 17.4 Å². The van der Waals surface area contributed by atoms with Gasteiger partial charge in [0, 0.05) is 12.3 Å². The molecule has 0 aliphatic carbocycles. The zero-order valence-electron chi connectivity index (χ0n) is 12.5. The summed E-state index contributed by atoms with van der Waals surface area (Å²) in [7, 11) is 0. The predicted molar refractivity (Wildman–Crippen MR) is 84.2 cm³/mol. The van der Waals surface area contributed by atoms with Crippen molar-refractivity contribution in [2.45, 2.75) is 13.5 Å². The lowest BCUT2D eigenvalue weighted by atomic mass is 10.3. The number of nitrogens with zero attached hydrogens (tertiary/aromatic N) is 3. The summed E-state index contributed by atoms with van der Waals surface area (Å²) in [6.07, 6.45) is 3.26. The molecule has 0 aromatic carbocycles. The third-order valence-corrected chi connectivity index (χ3v) is 3.05. The van der Waals surface area contributed by atoms with E-state index in [1.165, 1.54) is 0 Å². The number of aryl methyl sites for hydroxylation is 1. The Kier molecular flexibility index (Phi) is 4.28. The van der Waals surface area contributed by atoms with Gasteiger partial charge in [-0.05, 0) is 31.2 Å². The van der Waals surface area contributed by atoms with E-state index in [9.17, 15) is 4.79 Å². The van der Waals surface area contributed by atoms with Gasteiger partial charge in [-0.1, -0.05) is 11.2 Å². The van der Waals surface area contributed by atoms with E-state index in [4.69, 9.17) is 4.52 Å². The van der Waals surface area contributed by atoms with Gasteiger partial charge in [0.25, 0.3) is 5.91 Å². The molecular formula is C16H15N5O2. The van der Waals surface area contributed by atoms with Crippen molar-refractivity contribution in [3.8, 4) is 0 Å². The molecule has 3 heterocycles. The van der Waals surface area contributed by atoms with Crippen LogP contribution in [-0.4, -0.2) is 21.0 Å². The molecule has 0 saturated heterocycles. The summed E-state index contributed by atoms with van der Waals surface area (Å²) in [6, 6.07) is 10.7. The van der Waals surface area contributed by atoms with Gasteiger partial charge in [0.1, 0.15) is 11.5 Å². The van der Waals surface area contributed by atoms with Crippen LogP contribution < -0.4 is 10.6 Å². The van der Waals surface area contributed by atoms with Crippen molar-refractivity contribution in [2.24, 2.45) is 0 Å². The first-order valence-corrected chi connectivity index (χ1v) is 7.05. The maximum absolute atomic E-state index is 12.0. The zero-order valence-corrected chi connectivity index (χ0v) is 12.5. The Balaban J connectivity index is 1.59. The van der Waals surface area contributed by atoms with Crippen molar-refractivity contribution < 1.29 is 9.32 Å². The summed E-state index contributed by atoms with van der Waals surface area (Å²) in [6.45, 7) is 2.17. The average Bonchev–Trinajstić information content (AvgIpc) is 2.99. The van der Waals surface area contributed by atoms with Crippen molar-refractivity contribution in [1.82, 2.24) is 20.4 Å². The van der Waals surface area contributed by atoms with Gasteiger partial charge in [0.05, 0.1) is 24.1 Å². The summed E-state index contributed by atoms with van der Waals surface area (Å²) in [5.41, 5.74) is 1.85. The zero-order chi connectivity index (χ0) is 16.1. The van der Waals surface area contributed by atoms with E-state index in [-0.39, 0.29) is 5.91 Å². The highest BCUT2D eigenvalue weighted by Crippen LogP contribution is 2.15. The fourth-order valence-electron chi connectivity index (χ4n) is 1.94. The summed E-state index contributed by atoms with van der Waals surface area (Å²) in [4.78, 5) is 20.3. The highest BCUT2D eigenvalue weighted by Gasteiger charge is 2.08. The molecule has 116 valence electrons. The fraction of sp³-hybridized carbons (Fsp3) is 0.125. The van der Waals surface area contributed by atoms with Crippen LogP contribution in [0.2, 0.25) is 0 Å².